The first-order chi connectivity index (χ1) is 9.20. The highest BCUT2D eigenvalue weighted by molar-refractivity contribution is 5.25. The molecule has 1 aromatic carbocycles. The molecule has 0 spiro atoms. The lowest BCUT2D eigenvalue weighted by Crippen LogP contribution is -2.11. The van der Waals surface area contributed by atoms with Gasteiger partial charge in [-0.3, -0.25) is 0 Å². The predicted molar refractivity (Wildman–Crippen MR) is 78.1 cm³/mol. The molecule has 0 aliphatic carbocycles. The molecule has 2 N–H and O–H groups in total. The summed E-state index contributed by atoms with van der Waals surface area (Å²) in [6, 6.07) is 10.5. The van der Waals surface area contributed by atoms with Gasteiger partial charge in [-0.15, -0.1) is 0 Å². The van der Waals surface area contributed by atoms with Crippen molar-refractivity contribution < 1.29 is 0 Å². The maximum absolute atomic E-state index is 5.62. The molecular formula is C16H21N3. The molecule has 0 unspecified atom stereocenters. The van der Waals surface area contributed by atoms with Crippen molar-refractivity contribution in [2.45, 2.75) is 33.1 Å². The van der Waals surface area contributed by atoms with E-state index in [0.29, 0.717) is 6.54 Å². The summed E-state index contributed by atoms with van der Waals surface area (Å²) in [5.41, 5.74) is 10.3. The number of hydrogen-bond donors (Lipinski definition) is 1. The highest BCUT2D eigenvalue weighted by Crippen LogP contribution is 2.12. The molecule has 100 valence electrons. The Morgan fingerprint density at radius 1 is 0.895 bits per heavy atom. The van der Waals surface area contributed by atoms with Crippen molar-refractivity contribution in [3.05, 3.63) is 58.7 Å². The van der Waals surface area contributed by atoms with Gasteiger partial charge in [0.25, 0.3) is 0 Å². The lowest BCUT2D eigenvalue weighted by Gasteiger charge is -2.10. The molecule has 3 heteroatoms. The van der Waals surface area contributed by atoms with Crippen molar-refractivity contribution >= 4 is 0 Å². The van der Waals surface area contributed by atoms with Crippen LogP contribution in [0.1, 0.15) is 28.3 Å². The Morgan fingerprint density at radius 2 is 1.53 bits per heavy atom. The van der Waals surface area contributed by atoms with Crippen LogP contribution in [0.15, 0.2) is 30.3 Å². The van der Waals surface area contributed by atoms with E-state index in [1.165, 1.54) is 11.1 Å². The molecule has 0 fully saturated rings. The van der Waals surface area contributed by atoms with Gasteiger partial charge in [-0.25, -0.2) is 9.97 Å². The molecule has 0 aliphatic heterocycles. The summed E-state index contributed by atoms with van der Waals surface area (Å²) in [5, 5.41) is 0. The van der Waals surface area contributed by atoms with Crippen LogP contribution >= 0.6 is 0 Å². The number of benzene rings is 1. The number of hydrogen-bond acceptors (Lipinski definition) is 3. The summed E-state index contributed by atoms with van der Waals surface area (Å²) in [6.07, 6.45) is 2.72. The Balaban J connectivity index is 2.09. The van der Waals surface area contributed by atoms with E-state index in [0.717, 1.165) is 36.5 Å². The summed E-state index contributed by atoms with van der Waals surface area (Å²) < 4.78 is 0. The first kappa shape index (κ1) is 13.7. The molecule has 0 saturated carbocycles. The number of aromatic nitrogens is 2. The van der Waals surface area contributed by atoms with Gasteiger partial charge in [0.1, 0.15) is 5.82 Å². The minimum Gasteiger partial charge on any atom is -0.330 e. The lowest BCUT2D eigenvalue weighted by atomic mass is 10.1. The van der Waals surface area contributed by atoms with Crippen LogP contribution in [0.4, 0.5) is 0 Å². The zero-order chi connectivity index (χ0) is 13.7. The summed E-state index contributed by atoms with van der Waals surface area (Å²) in [5.74, 6) is 0.930. The molecule has 0 amide bonds. The molecule has 19 heavy (non-hydrogen) atoms. The Hall–Kier alpha value is -1.74. The fourth-order valence-corrected chi connectivity index (χ4v) is 2.33. The van der Waals surface area contributed by atoms with Crippen LogP contribution < -0.4 is 5.73 Å². The average Bonchev–Trinajstić information content (AvgIpc) is 2.42. The zero-order valence-electron chi connectivity index (χ0n) is 11.7. The highest BCUT2D eigenvalue weighted by Gasteiger charge is 2.07. The Labute approximate surface area is 114 Å². The second-order valence-corrected chi connectivity index (χ2v) is 4.81. The molecule has 0 atom stereocenters. The minimum atomic E-state index is 0.647. The van der Waals surface area contributed by atoms with Crippen LogP contribution in [-0.2, 0) is 19.3 Å². The van der Waals surface area contributed by atoms with Gasteiger partial charge in [-0.2, -0.15) is 0 Å². The first-order valence-electron chi connectivity index (χ1n) is 6.77. The normalized spacial score (nSPS) is 10.7. The number of nitrogens with two attached hydrogens (primary N) is 1. The summed E-state index contributed by atoms with van der Waals surface area (Å²) in [7, 11) is 0. The fourth-order valence-electron chi connectivity index (χ4n) is 2.33. The van der Waals surface area contributed by atoms with Crippen LogP contribution in [0.2, 0.25) is 0 Å². The van der Waals surface area contributed by atoms with Crippen molar-refractivity contribution in [1.82, 2.24) is 9.97 Å². The summed E-state index contributed by atoms with van der Waals surface area (Å²) in [6.45, 7) is 4.74. The molecule has 2 aromatic rings. The van der Waals surface area contributed by atoms with E-state index >= 15 is 0 Å². The molecule has 0 aliphatic rings. The molecule has 0 bridgehead atoms. The smallest absolute Gasteiger partial charge is 0.129 e. The Bertz CT molecular complexity index is 512. The minimum absolute atomic E-state index is 0.647. The average molecular weight is 255 g/mol. The zero-order valence-corrected chi connectivity index (χ0v) is 11.7. The van der Waals surface area contributed by atoms with Crippen molar-refractivity contribution in [1.29, 1.82) is 0 Å². The molecular weight excluding hydrogens is 234 g/mol. The highest BCUT2D eigenvalue weighted by atomic mass is 14.9. The van der Waals surface area contributed by atoms with E-state index in [1.807, 2.05) is 19.9 Å². The van der Waals surface area contributed by atoms with E-state index in [9.17, 15) is 0 Å². The second-order valence-electron chi connectivity index (χ2n) is 4.81. The quantitative estimate of drug-likeness (QED) is 0.892. The van der Waals surface area contributed by atoms with Crippen molar-refractivity contribution in [2.75, 3.05) is 6.54 Å². The molecule has 0 radical (unpaired) electrons. The van der Waals surface area contributed by atoms with Crippen molar-refractivity contribution in [3.8, 4) is 0 Å². The van der Waals surface area contributed by atoms with Crippen LogP contribution in [0, 0.1) is 13.8 Å². The van der Waals surface area contributed by atoms with Gasteiger partial charge in [0.2, 0.25) is 0 Å². The molecule has 2 rings (SSSR count). The second kappa shape index (κ2) is 6.43. The number of aryl methyl sites for hydroxylation is 4. The third-order valence-corrected chi connectivity index (χ3v) is 3.34. The fraction of sp³-hybridized carbons (Fsp3) is 0.375. The third kappa shape index (κ3) is 3.61. The lowest BCUT2D eigenvalue weighted by molar-refractivity contribution is 0.806. The van der Waals surface area contributed by atoms with Crippen molar-refractivity contribution in [3.63, 3.8) is 0 Å². The number of rotatable bonds is 5. The van der Waals surface area contributed by atoms with Crippen LogP contribution in [-0.4, -0.2) is 16.5 Å². The first-order valence-corrected chi connectivity index (χ1v) is 6.77. The maximum Gasteiger partial charge on any atom is 0.129 e. The van der Waals surface area contributed by atoms with Gasteiger partial charge in [-0.1, -0.05) is 30.3 Å². The Morgan fingerprint density at radius 3 is 2.11 bits per heavy atom. The molecule has 3 nitrogen and oxygen atoms in total. The van der Waals surface area contributed by atoms with E-state index < -0.39 is 0 Å². The predicted octanol–water partition coefficient (Wildman–Crippen LogP) is 2.38. The molecule has 0 saturated heterocycles. The van der Waals surface area contributed by atoms with Crippen LogP contribution in [0.5, 0.6) is 0 Å². The molecule has 1 aromatic heterocycles. The topological polar surface area (TPSA) is 51.8 Å². The van der Waals surface area contributed by atoms with Gasteiger partial charge >= 0.3 is 0 Å². The van der Waals surface area contributed by atoms with E-state index in [2.05, 4.69) is 34.2 Å². The molecule has 1 heterocycles. The van der Waals surface area contributed by atoms with E-state index in [-0.39, 0.29) is 0 Å². The van der Waals surface area contributed by atoms with Gasteiger partial charge in [-0.05, 0) is 44.4 Å². The Kier molecular flexibility index (Phi) is 4.63. The number of nitrogens with zero attached hydrogens (tertiary/aromatic N) is 2. The largest absolute Gasteiger partial charge is 0.330 e. The summed E-state index contributed by atoms with van der Waals surface area (Å²) >= 11 is 0. The van der Waals surface area contributed by atoms with Crippen LogP contribution in [0.3, 0.4) is 0 Å². The SMILES string of the molecule is Cc1nc(CCc2ccccc2)nc(C)c1CCN. The van der Waals surface area contributed by atoms with Gasteiger partial charge in [0.05, 0.1) is 0 Å². The van der Waals surface area contributed by atoms with Gasteiger partial charge in [0.15, 0.2) is 0 Å². The van der Waals surface area contributed by atoms with E-state index in [4.69, 9.17) is 5.73 Å². The summed E-state index contributed by atoms with van der Waals surface area (Å²) in [4.78, 5) is 9.20. The van der Waals surface area contributed by atoms with Crippen LogP contribution in [0.25, 0.3) is 0 Å². The monoisotopic (exact) mass is 255 g/mol. The van der Waals surface area contributed by atoms with E-state index in [1.54, 1.807) is 0 Å². The maximum atomic E-state index is 5.62. The van der Waals surface area contributed by atoms with Gasteiger partial charge < -0.3 is 5.73 Å². The van der Waals surface area contributed by atoms with Gasteiger partial charge in [0, 0.05) is 17.8 Å². The van der Waals surface area contributed by atoms with Crippen molar-refractivity contribution in [2.24, 2.45) is 5.73 Å². The standard InChI is InChI=1S/C16H21N3/c1-12-15(10-11-17)13(2)19-16(18-12)9-8-14-6-4-3-5-7-14/h3-7H,8-11,17H2,1-2H3. The third-order valence-electron chi connectivity index (χ3n) is 3.34.